The lowest BCUT2D eigenvalue weighted by molar-refractivity contribution is 0.548. The average Bonchev–Trinajstić information content (AvgIpc) is 2.52. The van der Waals surface area contributed by atoms with E-state index in [2.05, 4.69) is 14.7 Å². The first-order valence-electron chi connectivity index (χ1n) is 6.66. The summed E-state index contributed by atoms with van der Waals surface area (Å²) in [6.07, 6.45) is 1.50. The van der Waals surface area contributed by atoms with E-state index in [4.69, 9.17) is 4.55 Å². The van der Waals surface area contributed by atoms with Crippen LogP contribution in [-0.4, -0.2) is 18.7 Å². The van der Waals surface area contributed by atoms with Gasteiger partial charge in [0.1, 0.15) is 11.5 Å². The van der Waals surface area contributed by atoms with Crippen molar-refractivity contribution in [3.05, 3.63) is 64.3 Å². The SMILES string of the molecule is O=c1ccc2c(-c3ccc(CNS(=O)O)cc3F)ccnc2[nH]1. The predicted molar refractivity (Wildman–Crippen MR) is 85.4 cm³/mol. The standard InChI is InChI=1S/C15H12FN3O3S/c16-13-7-9(8-18-23(21)22)1-2-11(13)10-5-6-17-15-12(10)3-4-14(20)19-15/h1-7,18H,8H2,(H,21,22)(H,17,19,20). The van der Waals surface area contributed by atoms with Crippen molar-refractivity contribution in [1.29, 1.82) is 0 Å². The molecule has 0 aliphatic heterocycles. The lowest BCUT2D eigenvalue weighted by atomic mass is 10.0. The summed E-state index contributed by atoms with van der Waals surface area (Å²) < 4.78 is 36.0. The fourth-order valence-corrected chi connectivity index (χ4v) is 2.62. The van der Waals surface area contributed by atoms with Crippen molar-refractivity contribution in [2.45, 2.75) is 6.54 Å². The molecule has 8 heteroatoms. The second-order valence-corrected chi connectivity index (χ2v) is 5.61. The molecule has 0 amide bonds. The maximum absolute atomic E-state index is 14.4. The van der Waals surface area contributed by atoms with Gasteiger partial charge in [0.25, 0.3) is 0 Å². The number of fused-ring (bicyclic) bond motifs is 1. The molecular formula is C15H12FN3O3S. The molecule has 6 nitrogen and oxygen atoms in total. The minimum atomic E-state index is -2.15. The van der Waals surface area contributed by atoms with E-state index >= 15 is 0 Å². The molecule has 1 unspecified atom stereocenters. The van der Waals surface area contributed by atoms with Crippen LogP contribution < -0.4 is 10.3 Å². The first-order valence-corrected chi connectivity index (χ1v) is 7.76. The van der Waals surface area contributed by atoms with E-state index in [-0.39, 0.29) is 12.1 Å². The number of hydrogen-bond donors (Lipinski definition) is 3. The van der Waals surface area contributed by atoms with Gasteiger partial charge in [-0.3, -0.25) is 9.35 Å². The Bertz CT molecular complexity index is 958. The summed E-state index contributed by atoms with van der Waals surface area (Å²) in [7, 11) is 0. The van der Waals surface area contributed by atoms with Crippen molar-refractivity contribution < 1.29 is 13.2 Å². The zero-order valence-corrected chi connectivity index (χ0v) is 12.6. The van der Waals surface area contributed by atoms with E-state index in [9.17, 15) is 13.4 Å². The number of aromatic nitrogens is 2. The van der Waals surface area contributed by atoms with Crippen LogP contribution in [0.3, 0.4) is 0 Å². The van der Waals surface area contributed by atoms with Gasteiger partial charge in [0.05, 0.1) is 0 Å². The first-order chi connectivity index (χ1) is 11.0. The van der Waals surface area contributed by atoms with Crippen molar-refractivity contribution >= 4 is 22.3 Å². The third-order valence-electron chi connectivity index (χ3n) is 3.36. The number of benzene rings is 1. The molecule has 2 aromatic heterocycles. The summed E-state index contributed by atoms with van der Waals surface area (Å²) in [5.74, 6) is -0.466. The molecule has 0 aliphatic rings. The average molecular weight is 333 g/mol. The highest BCUT2D eigenvalue weighted by molar-refractivity contribution is 7.77. The molecule has 3 aromatic rings. The topological polar surface area (TPSA) is 95.1 Å². The van der Waals surface area contributed by atoms with E-state index in [1.807, 2.05) is 0 Å². The Morgan fingerprint density at radius 3 is 2.78 bits per heavy atom. The molecule has 0 aliphatic carbocycles. The van der Waals surface area contributed by atoms with Crippen molar-refractivity contribution in [1.82, 2.24) is 14.7 Å². The van der Waals surface area contributed by atoms with Gasteiger partial charge >= 0.3 is 0 Å². The zero-order valence-electron chi connectivity index (χ0n) is 11.7. The maximum Gasteiger partial charge on any atom is 0.249 e. The molecule has 23 heavy (non-hydrogen) atoms. The van der Waals surface area contributed by atoms with Gasteiger partial charge in [-0.15, -0.1) is 0 Å². The van der Waals surface area contributed by atoms with Crippen molar-refractivity contribution in [2.75, 3.05) is 0 Å². The quantitative estimate of drug-likeness (QED) is 0.636. The van der Waals surface area contributed by atoms with Gasteiger partial charge in [0, 0.05) is 29.8 Å². The third-order valence-corrected chi connectivity index (χ3v) is 3.75. The number of pyridine rings is 2. The summed E-state index contributed by atoms with van der Waals surface area (Å²) in [5, 5.41) is 0.633. The van der Waals surface area contributed by atoms with E-state index < -0.39 is 17.1 Å². The van der Waals surface area contributed by atoms with Gasteiger partial charge in [-0.05, 0) is 29.3 Å². The molecule has 0 saturated carbocycles. The highest BCUT2D eigenvalue weighted by Crippen LogP contribution is 2.28. The zero-order chi connectivity index (χ0) is 16.4. The molecule has 0 fully saturated rings. The summed E-state index contributed by atoms with van der Waals surface area (Å²) in [5.41, 5.74) is 1.62. The summed E-state index contributed by atoms with van der Waals surface area (Å²) in [4.78, 5) is 18.0. The Morgan fingerprint density at radius 2 is 2.04 bits per heavy atom. The number of H-pyrrole nitrogens is 1. The lowest BCUT2D eigenvalue weighted by Crippen LogP contribution is -2.15. The van der Waals surface area contributed by atoms with Crippen molar-refractivity contribution in [3.8, 4) is 11.1 Å². The van der Waals surface area contributed by atoms with Crippen LogP contribution in [0.15, 0.2) is 47.4 Å². The van der Waals surface area contributed by atoms with Crippen LogP contribution in [0.4, 0.5) is 4.39 Å². The van der Waals surface area contributed by atoms with Gasteiger partial charge in [-0.1, -0.05) is 12.1 Å². The lowest BCUT2D eigenvalue weighted by Gasteiger charge is -2.09. The highest BCUT2D eigenvalue weighted by Gasteiger charge is 2.11. The molecule has 1 atom stereocenters. The number of nitrogens with zero attached hydrogens (tertiary/aromatic N) is 1. The van der Waals surface area contributed by atoms with Gasteiger partial charge in [-0.2, -0.15) is 0 Å². The van der Waals surface area contributed by atoms with Crippen molar-refractivity contribution in [2.24, 2.45) is 0 Å². The number of rotatable bonds is 4. The van der Waals surface area contributed by atoms with Crippen LogP contribution >= 0.6 is 0 Å². The second-order valence-electron chi connectivity index (χ2n) is 4.83. The Balaban J connectivity index is 2.05. The monoisotopic (exact) mass is 333 g/mol. The van der Waals surface area contributed by atoms with Gasteiger partial charge in [0.2, 0.25) is 16.8 Å². The molecule has 0 bridgehead atoms. The van der Waals surface area contributed by atoms with Gasteiger partial charge in [0.15, 0.2) is 0 Å². The Hall–Kier alpha value is -2.42. The van der Waals surface area contributed by atoms with Crippen LogP contribution in [0.25, 0.3) is 22.2 Å². The summed E-state index contributed by atoms with van der Waals surface area (Å²) in [6.45, 7) is 0.0741. The molecule has 0 radical (unpaired) electrons. The highest BCUT2D eigenvalue weighted by atomic mass is 32.2. The summed E-state index contributed by atoms with van der Waals surface area (Å²) in [6, 6.07) is 9.18. The minimum absolute atomic E-state index is 0.0741. The fourth-order valence-electron chi connectivity index (χ4n) is 2.33. The summed E-state index contributed by atoms with van der Waals surface area (Å²) >= 11 is -2.15. The Morgan fingerprint density at radius 1 is 1.22 bits per heavy atom. The molecule has 2 heterocycles. The fraction of sp³-hybridized carbons (Fsp3) is 0.0667. The number of aromatic amines is 1. The predicted octanol–water partition coefficient (Wildman–Crippen LogP) is 1.96. The van der Waals surface area contributed by atoms with E-state index in [1.54, 1.807) is 24.3 Å². The Labute approximate surface area is 132 Å². The largest absolute Gasteiger partial charge is 0.307 e. The normalized spacial score (nSPS) is 12.4. The molecule has 1 aromatic carbocycles. The van der Waals surface area contributed by atoms with Gasteiger partial charge < -0.3 is 4.98 Å². The molecule has 0 spiro atoms. The molecule has 3 rings (SSSR count). The van der Waals surface area contributed by atoms with Crippen LogP contribution in [-0.2, 0) is 17.8 Å². The van der Waals surface area contributed by atoms with Crippen molar-refractivity contribution in [3.63, 3.8) is 0 Å². The molecular weight excluding hydrogens is 321 g/mol. The number of hydrogen-bond acceptors (Lipinski definition) is 3. The van der Waals surface area contributed by atoms with Crippen LogP contribution in [0.1, 0.15) is 5.56 Å². The third kappa shape index (κ3) is 3.34. The smallest absolute Gasteiger partial charge is 0.249 e. The van der Waals surface area contributed by atoms with E-state index in [0.29, 0.717) is 27.7 Å². The molecule has 118 valence electrons. The molecule has 3 N–H and O–H groups in total. The number of nitrogens with one attached hydrogen (secondary N) is 2. The number of halogens is 1. The second kappa shape index (κ2) is 6.37. The van der Waals surface area contributed by atoms with Crippen LogP contribution in [0.2, 0.25) is 0 Å². The Kier molecular flexibility index (Phi) is 4.28. The van der Waals surface area contributed by atoms with Gasteiger partial charge in [-0.25, -0.2) is 18.3 Å². The van der Waals surface area contributed by atoms with Crippen LogP contribution in [0.5, 0.6) is 0 Å². The molecule has 0 saturated heterocycles. The van der Waals surface area contributed by atoms with Crippen LogP contribution in [0, 0.1) is 5.82 Å². The maximum atomic E-state index is 14.4. The first kappa shape index (κ1) is 15.5. The minimum Gasteiger partial charge on any atom is -0.307 e. The van der Waals surface area contributed by atoms with E-state index in [1.165, 1.54) is 18.3 Å². The van der Waals surface area contributed by atoms with E-state index in [0.717, 1.165) is 0 Å².